The quantitative estimate of drug-likeness (QED) is 0.206. The molecule has 39 heavy (non-hydrogen) atoms. The number of fused-ring (bicyclic) bond motifs is 1. The number of unbranched alkanes of at least 4 members (excludes halogenated alkanes) is 1. The maximum absolute atomic E-state index is 14.6. The number of aromatic amines is 2. The largest absolute Gasteiger partial charge is 0.358 e. The van der Waals surface area contributed by atoms with Crippen molar-refractivity contribution in [3.05, 3.63) is 102 Å². The van der Waals surface area contributed by atoms with E-state index in [1.807, 2.05) is 37.3 Å². The van der Waals surface area contributed by atoms with Crippen LogP contribution in [0.4, 0.5) is 10.1 Å². The molecular weight excluding hydrogens is 487 g/mol. The van der Waals surface area contributed by atoms with Crippen LogP contribution in [0.25, 0.3) is 51.1 Å². The molecule has 4 heterocycles. The van der Waals surface area contributed by atoms with Gasteiger partial charge in [-0.3, -0.25) is 15.1 Å². The van der Waals surface area contributed by atoms with Crippen LogP contribution in [-0.2, 0) is 0 Å². The molecule has 0 bridgehead atoms. The third-order valence-corrected chi connectivity index (χ3v) is 6.67. The summed E-state index contributed by atoms with van der Waals surface area (Å²) >= 11 is 0. The molecule has 6 nitrogen and oxygen atoms in total. The van der Waals surface area contributed by atoms with Crippen LogP contribution in [0.2, 0.25) is 0 Å². The van der Waals surface area contributed by atoms with Crippen molar-refractivity contribution in [2.75, 3.05) is 5.32 Å². The first-order chi connectivity index (χ1) is 19.0. The molecule has 5 rings (SSSR count). The van der Waals surface area contributed by atoms with Gasteiger partial charge in [-0.15, -0.1) is 0 Å². The lowest BCUT2D eigenvalue weighted by molar-refractivity contribution is 0.631. The van der Waals surface area contributed by atoms with Gasteiger partial charge in [0.2, 0.25) is 0 Å². The van der Waals surface area contributed by atoms with Gasteiger partial charge in [0.05, 0.1) is 34.6 Å². The van der Waals surface area contributed by atoms with Gasteiger partial charge >= 0.3 is 0 Å². The second kappa shape index (κ2) is 11.3. The summed E-state index contributed by atoms with van der Waals surface area (Å²) in [5, 5.41) is 13.7. The number of rotatable bonds is 9. The van der Waals surface area contributed by atoms with Crippen LogP contribution in [0.15, 0.2) is 80.0 Å². The van der Waals surface area contributed by atoms with Crippen molar-refractivity contribution in [1.82, 2.24) is 25.1 Å². The van der Waals surface area contributed by atoms with Crippen LogP contribution in [0.3, 0.4) is 0 Å². The van der Waals surface area contributed by atoms with E-state index in [1.54, 1.807) is 36.9 Å². The lowest BCUT2D eigenvalue weighted by atomic mass is 10.0. The van der Waals surface area contributed by atoms with Crippen molar-refractivity contribution >= 4 is 34.3 Å². The highest BCUT2D eigenvalue weighted by molar-refractivity contribution is 5.97. The predicted molar refractivity (Wildman–Crippen MR) is 158 cm³/mol. The summed E-state index contributed by atoms with van der Waals surface area (Å²) < 4.78 is 14.6. The Balaban J connectivity index is 1.54. The molecule has 0 atom stereocenters. The van der Waals surface area contributed by atoms with Gasteiger partial charge in [-0.1, -0.05) is 50.8 Å². The zero-order chi connectivity index (χ0) is 27.4. The monoisotopic (exact) mass is 518 g/mol. The molecule has 0 fully saturated rings. The topological polar surface area (TPSA) is 82.3 Å². The Labute approximate surface area is 226 Å². The van der Waals surface area contributed by atoms with Crippen molar-refractivity contribution in [2.45, 2.75) is 33.1 Å². The van der Waals surface area contributed by atoms with Crippen LogP contribution in [-0.4, -0.2) is 25.1 Å². The van der Waals surface area contributed by atoms with Gasteiger partial charge in [0.25, 0.3) is 0 Å². The number of hydrogen-bond acceptors (Lipinski definition) is 4. The lowest BCUT2D eigenvalue weighted by Gasteiger charge is -2.10. The highest BCUT2D eigenvalue weighted by Gasteiger charge is 2.14. The van der Waals surface area contributed by atoms with Crippen molar-refractivity contribution < 1.29 is 4.39 Å². The summed E-state index contributed by atoms with van der Waals surface area (Å²) in [4.78, 5) is 12.2. The average molecular weight is 519 g/mol. The Morgan fingerprint density at radius 3 is 2.67 bits per heavy atom. The van der Waals surface area contributed by atoms with E-state index in [9.17, 15) is 4.39 Å². The first-order valence-electron chi connectivity index (χ1n) is 13.0. The standard InChI is InChI=1S/C32H31FN6/c1-5-7-10-21(4)36-23-14-22(16-34-17-23)20(3)13-26-29(6-2)38-39-32(26)30-15-25-27(18-35-19-31(25)37-30)24-11-8-9-12-28(24)33/h6,8-9,11-19,36-38H,3-5,7,10H2,1-2H3/b26-13+,29-6+. The minimum atomic E-state index is -0.290. The zero-order valence-electron chi connectivity index (χ0n) is 22.2. The fraction of sp³-hybridized carbons (Fsp3) is 0.156. The highest BCUT2D eigenvalue weighted by atomic mass is 19.1. The Hall–Kier alpha value is -4.78. The number of hydrogen-bond donors (Lipinski definition) is 3. The number of halogens is 1. The molecule has 0 radical (unpaired) electrons. The molecule has 0 aliphatic rings. The molecule has 0 spiro atoms. The smallest absolute Gasteiger partial charge is 0.131 e. The molecule has 3 N–H and O–H groups in total. The van der Waals surface area contributed by atoms with Gasteiger partial charge < -0.3 is 10.3 Å². The number of aromatic nitrogens is 5. The number of nitrogens with zero attached hydrogens (tertiary/aromatic N) is 3. The van der Waals surface area contributed by atoms with E-state index in [0.717, 1.165) is 80.2 Å². The number of nitrogens with one attached hydrogen (secondary N) is 3. The molecule has 4 aromatic heterocycles. The minimum absolute atomic E-state index is 0.290. The van der Waals surface area contributed by atoms with E-state index >= 15 is 0 Å². The summed E-state index contributed by atoms with van der Waals surface area (Å²) in [6, 6.07) is 10.7. The first kappa shape index (κ1) is 25.9. The van der Waals surface area contributed by atoms with Gasteiger partial charge in [0.15, 0.2) is 0 Å². The van der Waals surface area contributed by atoms with Crippen LogP contribution < -0.4 is 15.9 Å². The van der Waals surface area contributed by atoms with E-state index in [1.165, 1.54) is 6.07 Å². The van der Waals surface area contributed by atoms with E-state index in [0.29, 0.717) is 5.56 Å². The summed E-state index contributed by atoms with van der Waals surface area (Å²) in [7, 11) is 0. The Morgan fingerprint density at radius 1 is 1.05 bits per heavy atom. The van der Waals surface area contributed by atoms with Crippen molar-refractivity contribution in [1.29, 1.82) is 0 Å². The van der Waals surface area contributed by atoms with Crippen LogP contribution in [0.5, 0.6) is 0 Å². The van der Waals surface area contributed by atoms with Crippen LogP contribution in [0.1, 0.15) is 38.7 Å². The Kier molecular flexibility index (Phi) is 7.50. The van der Waals surface area contributed by atoms with Crippen molar-refractivity contribution in [3.63, 3.8) is 0 Å². The number of benzene rings is 1. The van der Waals surface area contributed by atoms with Crippen LogP contribution in [0, 0.1) is 5.82 Å². The molecule has 0 aliphatic carbocycles. The summed E-state index contributed by atoms with van der Waals surface area (Å²) in [6.45, 7) is 12.6. The second-order valence-corrected chi connectivity index (χ2v) is 9.46. The minimum Gasteiger partial charge on any atom is -0.358 e. The highest BCUT2D eigenvalue weighted by Crippen LogP contribution is 2.31. The maximum Gasteiger partial charge on any atom is 0.131 e. The SMILES string of the molecule is C=C(CCCC)Nc1cncc(C(=C)/C=c2/c(-c3cc4c(-c5ccccc5F)cncc4[nH]3)n[nH]/c2=C/C)c1. The summed E-state index contributed by atoms with van der Waals surface area (Å²) in [6.07, 6.45) is 14.1. The van der Waals surface area contributed by atoms with Crippen molar-refractivity contribution in [2.24, 2.45) is 0 Å². The molecule has 0 saturated heterocycles. The molecular formula is C32H31FN6. The molecule has 0 saturated carbocycles. The molecule has 7 heteroatoms. The number of pyridine rings is 2. The molecule has 196 valence electrons. The van der Waals surface area contributed by atoms with Gasteiger partial charge in [0.1, 0.15) is 11.5 Å². The lowest BCUT2D eigenvalue weighted by Crippen LogP contribution is -2.23. The fourth-order valence-corrected chi connectivity index (χ4v) is 4.61. The van der Waals surface area contributed by atoms with Crippen LogP contribution >= 0.6 is 0 Å². The van der Waals surface area contributed by atoms with Gasteiger partial charge in [-0.25, -0.2) is 4.39 Å². The molecule has 5 aromatic rings. The summed E-state index contributed by atoms with van der Waals surface area (Å²) in [5.74, 6) is -0.290. The first-order valence-corrected chi connectivity index (χ1v) is 13.0. The molecule has 1 aromatic carbocycles. The molecule has 0 aliphatic heterocycles. The summed E-state index contributed by atoms with van der Waals surface area (Å²) in [5.41, 5.74) is 7.07. The number of anilines is 1. The van der Waals surface area contributed by atoms with E-state index in [2.05, 4.69) is 50.5 Å². The third-order valence-electron chi connectivity index (χ3n) is 6.67. The Bertz CT molecular complexity index is 1790. The van der Waals surface area contributed by atoms with Gasteiger partial charge in [-0.05, 0) is 49.6 Å². The molecule has 0 unspecified atom stereocenters. The predicted octanol–water partition coefficient (Wildman–Crippen LogP) is 6.56. The van der Waals surface area contributed by atoms with Crippen molar-refractivity contribution in [3.8, 4) is 22.5 Å². The number of H-pyrrole nitrogens is 2. The maximum atomic E-state index is 14.6. The van der Waals surface area contributed by atoms with E-state index in [4.69, 9.17) is 0 Å². The number of allylic oxidation sites excluding steroid dienone is 2. The Morgan fingerprint density at radius 2 is 1.87 bits per heavy atom. The average Bonchev–Trinajstić information content (AvgIpc) is 3.56. The van der Waals surface area contributed by atoms with Gasteiger partial charge in [-0.2, -0.15) is 5.10 Å². The van der Waals surface area contributed by atoms with E-state index in [-0.39, 0.29) is 5.82 Å². The van der Waals surface area contributed by atoms with E-state index < -0.39 is 0 Å². The second-order valence-electron chi connectivity index (χ2n) is 9.46. The van der Waals surface area contributed by atoms with Gasteiger partial charge in [0, 0.05) is 45.4 Å². The normalized spacial score (nSPS) is 12.3. The third kappa shape index (κ3) is 5.43. The fourth-order valence-electron chi connectivity index (χ4n) is 4.61. The zero-order valence-corrected chi connectivity index (χ0v) is 22.2. The molecule has 0 amide bonds.